The minimum Gasteiger partial charge on any atom is -0.490 e. The van der Waals surface area contributed by atoms with Gasteiger partial charge in [0.1, 0.15) is 12.4 Å². The maximum Gasteiger partial charge on any atom is 0.176 e. The van der Waals surface area contributed by atoms with E-state index < -0.39 is 0 Å². The van der Waals surface area contributed by atoms with Crippen molar-refractivity contribution in [2.45, 2.75) is 11.8 Å². The second-order valence-corrected chi connectivity index (χ2v) is 5.69. The summed E-state index contributed by atoms with van der Waals surface area (Å²) in [5, 5.41) is 0. The number of carbonyl (C=O) groups is 1. The predicted molar refractivity (Wildman–Crippen MR) is 74.2 cm³/mol. The van der Waals surface area contributed by atoms with Crippen molar-refractivity contribution in [3.8, 4) is 5.75 Å². The molecule has 0 heterocycles. The van der Waals surface area contributed by atoms with Crippen LogP contribution >= 0.6 is 31.9 Å². The maximum atomic E-state index is 11.7. The highest BCUT2D eigenvalue weighted by molar-refractivity contribution is 9.10. The predicted octanol–water partition coefficient (Wildman–Crippen LogP) is 3.44. The Morgan fingerprint density at radius 1 is 1.41 bits per heavy atom. The van der Waals surface area contributed by atoms with Gasteiger partial charge in [-0.2, -0.15) is 0 Å². The Hall–Kier alpha value is -0.390. The van der Waals surface area contributed by atoms with E-state index in [-0.39, 0.29) is 10.6 Å². The van der Waals surface area contributed by atoms with E-state index in [1.807, 2.05) is 0 Å². The quantitative estimate of drug-likeness (QED) is 0.440. The Balaban J connectivity index is 2.75. The van der Waals surface area contributed by atoms with Gasteiger partial charge in [0.15, 0.2) is 5.78 Å². The van der Waals surface area contributed by atoms with Gasteiger partial charge in [0.05, 0.1) is 15.9 Å². The molecule has 17 heavy (non-hydrogen) atoms. The van der Waals surface area contributed by atoms with Crippen molar-refractivity contribution in [2.24, 2.45) is 0 Å². The summed E-state index contributed by atoms with van der Waals surface area (Å²) in [6.07, 6.45) is 0. The SMILES string of the molecule is COCCOc1ccc(C(=O)C(C)Br)cc1Br. The highest BCUT2D eigenvalue weighted by Gasteiger charge is 2.13. The average molecular weight is 366 g/mol. The summed E-state index contributed by atoms with van der Waals surface area (Å²) < 4.78 is 11.1. The van der Waals surface area contributed by atoms with E-state index in [2.05, 4.69) is 31.9 Å². The molecule has 0 N–H and O–H groups in total. The number of alkyl halides is 1. The third-order valence-electron chi connectivity index (χ3n) is 2.12. The number of Topliss-reactive ketones (excluding diaryl/α,β-unsaturated/α-hetero) is 1. The van der Waals surface area contributed by atoms with Crippen LogP contribution in [0.1, 0.15) is 17.3 Å². The maximum absolute atomic E-state index is 11.7. The molecule has 1 atom stereocenters. The highest BCUT2D eigenvalue weighted by atomic mass is 79.9. The summed E-state index contributed by atoms with van der Waals surface area (Å²) in [5.41, 5.74) is 0.653. The van der Waals surface area contributed by atoms with E-state index in [9.17, 15) is 4.79 Å². The van der Waals surface area contributed by atoms with E-state index in [1.54, 1.807) is 32.2 Å². The lowest BCUT2D eigenvalue weighted by Crippen LogP contribution is -2.10. The molecule has 1 aromatic carbocycles. The van der Waals surface area contributed by atoms with Crippen LogP contribution in [0.25, 0.3) is 0 Å². The standard InChI is InChI=1S/C12H14Br2O3/c1-8(13)12(15)9-3-4-11(10(14)7-9)17-6-5-16-2/h3-4,7-8H,5-6H2,1-2H3. The van der Waals surface area contributed by atoms with Gasteiger partial charge in [-0.15, -0.1) is 0 Å². The van der Waals surface area contributed by atoms with Gasteiger partial charge in [-0.05, 0) is 41.1 Å². The molecular formula is C12H14Br2O3. The first kappa shape index (κ1) is 14.7. The lowest BCUT2D eigenvalue weighted by molar-refractivity contribution is 0.0995. The molecule has 0 fully saturated rings. The molecule has 0 aliphatic carbocycles. The van der Waals surface area contributed by atoms with Gasteiger partial charge in [-0.1, -0.05) is 15.9 Å². The van der Waals surface area contributed by atoms with Crippen molar-refractivity contribution in [2.75, 3.05) is 20.3 Å². The third kappa shape index (κ3) is 4.41. The van der Waals surface area contributed by atoms with Crippen LogP contribution in [-0.4, -0.2) is 30.9 Å². The third-order valence-corrected chi connectivity index (χ3v) is 3.16. The Kier molecular flexibility index (Phi) is 6.16. The van der Waals surface area contributed by atoms with Crippen molar-refractivity contribution in [3.05, 3.63) is 28.2 Å². The summed E-state index contributed by atoms with van der Waals surface area (Å²) in [6, 6.07) is 5.30. The number of hydrogen-bond acceptors (Lipinski definition) is 3. The van der Waals surface area contributed by atoms with Crippen molar-refractivity contribution in [1.29, 1.82) is 0 Å². The summed E-state index contributed by atoms with van der Waals surface area (Å²) >= 11 is 6.64. The fraction of sp³-hybridized carbons (Fsp3) is 0.417. The Morgan fingerprint density at radius 3 is 2.65 bits per heavy atom. The molecule has 1 rings (SSSR count). The molecule has 5 heteroatoms. The zero-order valence-corrected chi connectivity index (χ0v) is 12.9. The van der Waals surface area contributed by atoms with Gasteiger partial charge in [-0.3, -0.25) is 4.79 Å². The molecule has 0 saturated heterocycles. The van der Waals surface area contributed by atoms with Crippen molar-refractivity contribution in [3.63, 3.8) is 0 Å². The second-order valence-electron chi connectivity index (χ2n) is 3.47. The molecule has 0 amide bonds. The van der Waals surface area contributed by atoms with E-state index in [0.717, 1.165) is 4.47 Å². The molecule has 0 spiro atoms. The van der Waals surface area contributed by atoms with Gasteiger partial charge in [0.25, 0.3) is 0 Å². The van der Waals surface area contributed by atoms with Crippen molar-refractivity contribution >= 4 is 37.6 Å². The monoisotopic (exact) mass is 364 g/mol. The number of benzene rings is 1. The van der Waals surface area contributed by atoms with Crippen LogP contribution in [-0.2, 0) is 4.74 Å². The molecule has 0 aromatic heterocycles. The minimum absolute atomic E-state index is 0.0501. The number of carbonyl (C=O) groups excluding carboxylic acids is 1. The number of hydrogen-bond donors (Lipinski definition) is 0. The van der Waals surface area contributed by atoms with Crippen LogP contribution in [0.4, 0.5) is 0 Å². The first-order valence-corrected chi connectivity index (χ1v) is 6.86. The summed E-state index contributed by atoms with van der Waals surface area (Å²) in [4.78, 5) is 11.6. The summed E-state index contributed by atoms with van der Waals surface area (Å²) in [6.45, 7) is 2.82. The normalized spacial score (nSPS) is 12.2. The lowest BCUT2D eigenvalue weighted by Gasteiger charge is -2.09. The molecule has 0 aliphatic rings. The first-order valence-electron chi connectivity index (χ1n) is 5.16. The molecule has 0 bridgehead atoms. The average Bonchev–Trinajstić information content (AvgIpc) is 2.30. The summed E-state index contributed by atoms with van der Waals surface area (Å²) in [5.74, 6) is 0.759. The van der Waals surface area contributed by atoms with Crippen LogP contribution in [0.15, 0.2) is 22.7 Å². The fourth-order valence-electron chi connectivity index (χ4n) is 1.24. The number of rotatable bonds is 6. The largest absolute Gasteiger partial charge is 0.490 e. The second kappa shape index (κ2) is 7.13. The first-order chi connectivity index (χ1) is 8.06. The smallest absolute Gasteiger partial charge is 0.176 e. The molecule has 0 radical (unpaired) electrons. The minimum atomic E-state index is -0.186. The number of ketones is 1. The molecule has 0 saturated carbocycles. The molecule has 94 valence electrons. The van der Waals surface area contributed by atoms with E-state index in [4.69, 9.17) is 9.47 Å². The van der Waals surface area contributed by atoms with Gasteiger partial charge in [0, 0.05) is 12.7 Å². The van der Waals surface area contributed by atoms with Crippen LogP contribution in [0.2, 0.25) is 0 Å². The lowest BCUT2D eigenvalue weighted by atomic mass is 10.1. The van der Waals surface area contributed by atoms with E-state index in [1.165, 1.54) is 0 Å². The molecule has 0 aliphatic heterocycles. The van der Waals surface area contributed by atoms with Gasteiger partial charge in [0.2, 0.25) is 0 Å². The molecular weight excluding hydrogens is 352 g/mol. The topological polar surface area (TPSA) is 35.5 Å². The summed E-state index contributed by atoms with van der Waals surface area (Å²) in [7, 11) is 1.62. The number of halogens is 2. The van der Waals surface area contributed by atoms with Gasteiger partial charge in [-0.25, -0.2) is 0 Å². The van der Waals surface area contributed by atoms with Crippen molar-refractivity contribution < 1.29 is 14.3 Å². The van der Waals surface area contributed by atoms with Gasteiger partial charge < -0.3 is 9.47 Å². The Labute approximate surface area is 118 Å². The zero-order valence-electron chi connectivity index (χ0n) is 9.70. The highest BCUT2D eigenvalue weighted by Crippen LogP contribution is 2.27. The number of ether oxygens (including phenoxy) is 2. The zero-order chi connectivity index (χ0) is 12.8. The Morgan fingerprint density at radius 2 is 2.12 bits per heavy atom. The van der Waals surface area contributed by atoms with Crippen LogP contribution < -0.4 is 4.74 Å². The molecule has 1 unspecified atom stereocenters. The van der Waals surface area contributed by atoms with Crippen LogP contribution in [0, 0.1) is 0 Å². The van der Waals surface area contributed by atoms with Gasteiger partial charge >= 0.3 is 0 Å². The molecule has 1 aromatic rings. The fourth-order valence-corrected chi connectivity index (χ4v) is 1.99. The van der Waals surface area contributed by atoms with Crippen LogP contribution in [0.5, 0.6) is 5.75 Å². The number of methoxy groups -OCH3 is 1. The molecule has 3 nitrogen and oxygen atoms in total. The van der Waals surface area contributed by atoms with Crippen LogP contribution in [0.3, 0.4) is 0 Å². The van der Waals surface area contributed by atoms with E-state index >= 15 is 0 Å². The van der Waals surface area contributed by atoms with E-state index in [0.29, 0.717) is 24.5 Å². The van der Waals surface area contributed by atoms with Crippen molar-refractivity contribution in [1.82, 2.24) is 0 Å². The Bertz CT molecular complexity index is 391.